The Hall–Kier alpha value is -2.89. The molecular weight excluding hydrogens is 318 g/mol. The summed E-state index contributed by atoms with van der Waals surface area (Å²) in [4.78, 5) is 24.1. The highest BCUT2D eigenvalue weighted by Gasteiger charge is 2.18. The maximum absolute atomic E-state index is 12.2. The molecular formula is C19H23N3O3. The number of amides is 1. The molecule has 0 bridgehead atoms. The van der Waals surface area contributed by atoms with E-state index in [2.05, 4.69) is 10.4 Å². The minimum atomic E-state index is -0.912. The molecule has 1 atom stereocenters. The Balaban J connectivity index is 1.93. The molecule has 1 aromatic heterocycles. The largest absolute Gasteiger partial charge is 0.449 e. The number of anilines is 1. The van der Waals surface area contributed by atoms with E-state index in [0.29, 0.717) is 5.82 Å². The van der Waals surface area contributed by atoms with E-state index in [1.165, 1.54) is 13.0 Å². The van der Waals surface area contributed by atoms with Crippen LogP contribution in [0.15, 0.2) is 42.6 Å². The normalized spacial score (nSPS) is 12.4. The number of ether oxygens (including phenoxy) is 1. The first-order valence-electron chi connectivity index (χ1n) is 8.17. The molecule has 0 fully saturated rings. The molecule has 0 radical (unpaired) electrons. The van der Waals surface area contributed by atoms with Crippen LogP contribution in [0, 0.1) is 6.92 Å². The van der Waals surface area contributed by atoms with Crippen LogP contribution in [0.5, 0.6) is 0 Å². The summed E-state index contributed by atoms with van der Waals surface area (Å²) in [6.07, 6.45) is 3.70. The SMILES string of the molecule is Cc1ccccc1/C=C/C(=O)O[C@H](C)C(=O)Nc1ccnn1C(C)C. The average Bonchev–Trinajstić information content (AvgIpc) is 3.02. The number of esters is 1. The van der Waals surface area contributed by atoms with E-state index >= 15 is 0 Å². The van der Waals surface area contributed by atoms with Crippen molar-refractivity contribution in [3.8, 4) is 0 Å². The monoisotopic (exact) mass is 341 g/mol. The van der Waals surface area contributed by atoms with Gasteiger partial charge in [-0.2, -0.15) is 5.10 Å². The van der Waals surface area contributed by atoms with Gasteiger partial charge in [-0.3, -0.25) is 4.79 Å². The Morgan fingerprint density at radius 2 is 1.92 bits per heavy atom. The number of hydrogen-bond donors (Lipinski definition) is 1. The van der Waals surface area contributed by atoms with E-state index in [0.717, 1.165) is 11.1 Å². The second kappa shape index (κ2) is 8.28. The van der Waals surface area contributed by atoms with Crippen molar-refractivity contribution in [3.63, 3.8) is 0 Å². The molecule has 25 heavy (non-hydrogen) atoms. The van der Waals surface area contributed by atoms with Crippen LogP contribution in [-0.4, -0.2) is 27.8 Å². The van der Waals surface area contributed by atoms with Crippen LogP contribution >= 0.6 is 0 Å². The number of aromatic nitrogens is 2. The third-order valence-corrected chi connectivity index (χ3v) is 3.66. The van der Waals surface area contributed by atoms with Gasteiger partial charge in [0.15, 0.2) is 6.10 Å². The van der Waals surface area contributed by atoms with Crippen LogP contribution in [-0.2, 0) is 14.3 Å². The fraction of sp³-hybridized carbons (Fsp3) is 0.316. The zero-order valence-electron chi connectivity index (χ0n) is 14.9. The van der Waals surface area contributed by atoms with Gasteiger partial charge in [0.1, 0.15) is 5.82 Å². The third-order valence-electron chi connectivity index (χ3n) is 3.66. The molecule has 6 nitrogen and oxygen atoms in total. The summed E-state index contributed by atoms with van der Waals surface area (Å²) < 4.78 is 6.84. The Kier molecular flexibility index (Phi) is 6.11. The van der Waals surface area contributed by atoms with Gasteiger partial charge in [0.25, 0.3) is 5.91 Å². The number of carbonyl (C=O) groups excluding carboxylic acids is 2. The molecule has 0 saturated heterocycles. The van der Waals surface area contributed by atoms with Crippen LogP contribution in [0.4, 0.5) is 5.82 Å². The number of benzene rings is 1. The zero-order chi connectivity index (χ0) is 18.4. The predicted octanol–water partition coefficient (Wildman–Crippen LogP) is 3.36. The molecule has 0 aliphatic carbocycles. The van der Waals surface area contributed by atoms with Crippen molar-refractivity contribution in [2.45, 2.75) is 39.8 Å². The van der Waals surface area contributed by atoms with E-state index in [1.54, 1.807) is 23.0 Å². The molecule has 2 rings (SSSR count). The molecule has 0 aliphatic heterocycles. The maximum Gasteiger partial charge on any atom is 0.331 e. The Morgan fingerprint density at radius 3 is 2.60 bits per heavy atom. The minimum Gasteiger partial charge on any atom is -0.449 e. The number of carbonyl (C=O) groups is 2. The van der Waals surface area contributed by atoms with Gasteiger partial charge in [0.05, 0.1) is 6.20 Å². The number of rotatable bonds is 6. The van der Waals surface area contributed by atoms with E-state index in [1.807, 2.05) is 45.0 Å². The van der Waals surface area contributed by atoms with Gasteiger partial charge in [-0.25, -0.2) is 9.48 Å². The van der Waals surface area contributed by atoms with Gasteiger partial charge in [-0.05, 0) is 44.9 Å². The van der Waals surface area contributed by atoms with Gasteiger partial charge in [0, 0.05) is 18.2 Å². The summed E-state index contributed by atoms with van der Waals surface area (Å²) in [5.74, 6) is -0.401. The predicted molar refractivity (Wildman–Crippen MR) is 97.0 cm³/mol. The lowest BCUT2D eigenvalue weighted by Gasteiger charge is -2.15. The van der Waals surface area contributed by atoms with Crippen LogP contribution in [0.3, 0.4) is 0 Å². The molecule has 2 aromatic rings. The lowest BCUT2D eigenvalue weighted by molar-refractivity contribution is -0.148. The summed E-state index contributed by atoms with van der Waals surface area (Å²) in [5.41, 5.74) is 1.98. The lowest BCUT2D eigenvalue weighted by Crippen LogP contribution is -2.30. The van der Waals surface area contributed by atoms with Gasteiger partial charge in [-0.15, -0.1) is 0 Å². The van der Waals surface area contributed by atoms with Crippen molar-refractivity contribution >= 4 is 23.8 Å². The van der Waals surface area contributed by atoms with Crippen molar-refractivity contribution < 1.29 is 14.3 Å². The molecule has 0 aliphatic rings. The number of hydrogen-bond acceptors (Lipinski definition) is 4. The second-order valence-electron chi connectivity index (χ2n) is 6.01. The smallest absolute Gasteiger partial charge is 0.331 e. The van der Waals surface area contributed by atoms with Crippen molar-refractivity contribution in [3.05, 3.63) is 53.7 Å². The molecule has 1 N–H and O–H groups in total. The zero-order valence-corrected chi connectivity index (χ0v) is 14.9. The lowest BCUT2D eigenvalue weighted by atomic mass is 10.1. The number of nitrogens with zero attached hydrogens (tertiary/aromatic N) is 2. The highest BCUT2D eigenvalue weighted by molar-refractivity contribution is 5.96. The molecule has 1 amide bonds. The summed E-state index contributed by atoms with van der Waals surface area (Å²) >= 11 is 0. The number of nitrogens with one attached hydrogen (secondary N) is 1. The maximum atomic E-state index is 12.2. The summed E-state index contributed by atoms with van der Waals surface area (Å²) in [6, 6.07) is 9.50. The van der Waals surface area contributed by atoms with Crippen molar-refractivity contribution in [2.24, 2.45) is 0 Å². The van der Waals surface area contributed by atoms with Crippen LogP contribution in [0.25, 0.3) is 6.08 Å². The van der Waals surface area contributed by atoms with E-state index in [9.17, 15) is 9.59 Å². The fourth-order valence-electron chi connectivity index (χ4n) is 2.25. The first kappa shape index (κ1) is 18.4. The van der Waals surface area contributed by atoms with Gasteiger partial charge < -0.3 is 10.1 Å². The molecule has 1 heterocycles. The molecule has 0 saturated carbocycles. The molecule has 0 unspecified atom stereocenters. The van der Waals surface area contributed by atoms with Gasteiger partial charge >= 0.3 is 5.97 Å². The van der Waals surface area contributed by atoms with Gasteiger partial charge in [-0.1, -0.05) is 24.3 Å². The highest BCUT2D eigenvalue weighted by Crippen LogP contribution is 2.14. The fourth-order valence-corrected chi connectivity index (χ4v) is 2.25. The molecule has 6 heteroatoms. The molecule has 0 spiro atoms. The van der Waals surface area contributed by atoms with Crippen LogP contribution < -0.4 is 5.32 Å². The van der Waals surface area contributed by atoms with Crippen molar-refractivity contribution in [2.75, 3.05) is 5.32 Å². The van der Waals surface area contributed by atoms with Crippen molar-refractivity contribution in [1.29, 1.82) is 0 Å². The standard InChI is InChI=1S/C19H23N3O3/c1-13(2)22-17(11-12-20-22)21-19(24)15(4)25-18(23)10-9-16-8-6-5-7-14(16)3/h5-13,15H,1-4H3,(H,21,24)/b10-9+/t15-/m1/s1. The van der Waals surface area contributed by atoms with E-state index in [-0.39, 0.29) is 6.04 Å². The van der Waals surface area contributed by atoms with Crippen molar-refractivity contribution in [1.82, 2.24) is 9.78 Å². The second-order valence-corrected chi connectivity index (χ2v) is 6.01. The third kappa shape index (κ3) is 5.04. The average molecular weight is 341 g/mol. The summed E-state index contributed by atoms with van der Waals surface area (Å²) in [5, 5.41) is 6.86. The van der Waals surface area contributed by atoms with Crippen LogP contribution in [0.1, 0.15) is 37.9 Å². The van der Waals surface area contributed by atoms with E-state index in [4.69, 9.17) is 4.74 Å². The summed E-state index contributed by atoms with van der Waals surface area (Å²) in [7, 11) is 0. The Labute approximate surface area is 147 Å². The molecule has 1 aromatic carbocycles. The minimum absolute atomic E-state index is 0.111. The number of aryl methyl sites for hydroxylation is 1. The molecule has 132 valence electrons. The highest BCUT2D eigenvalue weighted by atomic mass is 16.5. The Morgan fingerprint density at radius 1 is 1.20 bits per heavy atom. The first-order valence-corrected chi connectivity index (χ1v) is 8.17. The topological polar surface area (TPSA) is 73.2 Å². The first-order chi connectivity index (χ1) is 11.9. The van der Waals surface area contributed by atoms with E-state index < -0.39 is 18.0 Å². The quantitative estimate of drug-likeness (QED) is 0.646. The Bertz CT molecular complexity index is 778. The van der Waals surface area contributed by atoms with Gasteiger partial charge in [0.2, 0.25) is 0 Å². The van der Waals surface area contributed by atoms with Crippen LogP contribution in [0.2, 0.25) is 0 Å². The summed E-state index contributed by atoms with van der Waals surface area (Å²) in [6.45, 7) is 7.41.